The van der Waals surface area contributed by atoms with Crippen LogP contribution < -0.4 is 15.4 Å². The molecule has 0 amide bonds. The Hall–Kier alpha value is -2.02. The van der Waals surface area contributed by atoms with Crippen molar-refractivity contribution in [1.29, 1.82) is 0 Å². The third kappa shape index (κ3) is 3.02. The van der Waals surface area contributed by atoms with Gasteiger partial charge in [0.2, 0.25) is 5.75 Å². The third-order valence-electron chi connectivity index (χ3n) is 3.37. The van der Waals surface area contributed by atoms with E-state index in [1.807, 2.05) is 13.8 Å². The van der Waals surface area contributed by atoms with Crippen LogP contribution in [0, 0.1) is 16.0 Å². The molecule has 7 nitrogen and oxygen atoms in total. The molecule has 0 saturated carbocycles. The van der Waals surface area contributed by atoms with Crippen LogP contribution in [-0.4, -0.2) is 28.3 Å². The van der Waals surface area contributed by atoms with Crippen molar-refractivity contribution in [3.63, 3.8) is 0 Å². The highest BCUT2D eigenvalue weighted by Gasteiger charge is 2.39. The molecule has 1 unspecified atom stereocenters. The van der Waals surface area contributed by atoms with Gasteiger partial charge in [0.25, 0.3) is 0 Å². The Morgan fingerprint density at radius 2 is 2.19 bits per heavy atom. The molecule has 1 aromatic rings. The zero-order valence-electron chi connectivity index (χ0n) is 12.6. The lowest BCUT2D eigenvalue weighted by Gasteiger charge is -2.41. The Kier molecular flexibility index (Phi) is 3.95. The topological polar surface area (TPSA) is 96.7 Å². The van der Waals surface area contributed by atoms with Gasteiger partial charge in [-0.25, -0.2) is 0 Å². The summed E-state index contributed by atoms with van der Waals surface area (Å²) in [5.41, 5.74) is -0.597. The van der Waals surface area contributed by atoms with Crippen LogP contribution in [0.5, 0.6) is 11.5 Å². The van der Waals surface area contributed by atoms with Crippen LogP contribution in [0.4, 0.5) is 11.4 Å². The molecule has 1 aliphatic rings. The largest absolute Gasteiger partial charge is 0.501 e. The number of nitrogens with one attached hydrogen (secondary N) is 2. The van der Waals surface area contributed by atoms with Gasteiger partial charge in [0.1, 0.15) is 11.4 Å². The van der Waals surface area contributed by atoms with E-state index in [1.165, 1.54) is 12.1 Å². The number of nitrogens with zero attached hydrogens (tertiary/aromatic N) is 1. The predicted octanol–water partition coefficient (Wildman–Crippen LogP) is 2.46. The molecular formula is C14H21N3O4. The summed E-state index contributed by atoms with van der Waals surface area (Å²) in [5, 5.41) is 27.4. The SMILES string of the molecule is CC(C)CNC1Oc2ccc([N+](=O)[O-])c(O)c2NC1(C)C. The number of benzene rings is 1. The molecule has 116 valence electrons. The summed E-state index contributed by atoms with van der Waals surface area (Å²) >= 11 is 0. The number of nitro groups is 1. The van der Waals surface area contributed by atoms with E-state index >= 15 is 0 Å². The molecule has 1 aliphatic heterocycles. The molecule has 7 heteroatoms. The first-order valence-electron chi connectivity index (χ1n) is 6.91. The van der Waals surface area contributed by atoms with Crippen molar-refractivity contribution in [2.45, 2.75) is 39.5 Å². The van der Waals surface area contributed by atoms with Crippen molar-refractivity contribution in [3.8, 4) is 11.5 Å². The van der Waals surface area contributed by atoms with Crippen molar-refractivity contribution in [2.75, 3.05) is 11.9 Å². The zero-order chi connectivity index (χ0) is 15.8. The molecule has 2 rings (SSSR count). The van der Waals surface area contributed by atoms with Crippen LogP contribution in [0.2, 0.25) is 0 Å². The summed E-state index contributed by atoms with van der Waals surface area (Å²) in [4.78, 5) is 10.3. The molecule has 1 heterocycles. The van der Waals surface area contributed by atoms with E-state index in [9.17, 15) is 15.2 Å². The summed E-state index contributed by atoms with van der Waals surface area (Å²) in [7, 11) is 0. The van der Waals surface area contributed by atoms with Crippen molar-refractivity contribution in [2.24, 2.45) is 5.92 Å². The van der Waals surface area contributed by atoms with Gasteiger partial charge >= 0.3 is 5.69 Å². The maximum atomic E-state index is 10.9. The molecule has 0 spiro atoms. The number of phenols is 1. The minimum atomic E-state index is -0.618. The molecule has 0 aliphatic carbocycles. The van der Waals surface area contributed by atoms with Gasteiger partial charge in [0, 0.05) is 12.6 Å². The number of phenolic OH excluding ortho intramolecular Hbond substituents is 1. The van der Waals surface area contributed by atoms with Gasteiger partial charge in [-0.05, 0) is 25.8 Å². The van der Waals surface area contributed by atoms with Crippen molar-refractivity contribution in [3.05, 3.63) is 22.2 Å². The quantitative estimate of drug-likeness (QED) is 0.448. The van der Waals surface area contributed by atoms with Gasteiger partial charge in [-0.3, -0.25) is 15.4 Å². The van der Waals surface area contributed by atoms with Crippen LogP contribution >= 0.6 is 0 Å². The number of nitro benzene ring substituents is 1. The molecule has 1 atom stereocenters. The zero-order valence-corrected chi connectivity index (χ0v) is 12.6. The Morgan fingerprint density at radius 3 is 2.76 bits per heavy atom. The Balaban J connectivity index is 2.32. The monoisotopic (exact) mass is 295 g/mol. The maximum Gasteiger partial charge on any atom is 0.313 e. The number of rotatable bonds is 4. The average molecular weight is 295 g/mol. The minimum absolute atomic E-state index is 0.261. The fraction of sp³-hybridized carbons (Fsp3) is 0.571. The lowest BCUT2D eigenvalue weighted by atomic mass is 9.99. The van der Waals surface area contributed by atoms with E-state index in [1.54, 1.807) is 0 Å². The Bertz CT molecular complexity index is 557. The highest BCUT2D eigenvalue weighted by Crippen LogP contribution is 2.45. The Morgan fingerprint density at radius 1 is 1.52 bits per heavy atom. The normalized spacial score (nSPS) is 19.6. The number of fused-ring (bicyclic) bond motifs is 1. The second kappa shape index (κ2) is 5.40. The van der Waals surface area contributed by atoms with Gasteiger partial charge in [-0.2, -0.15) is 0 Å². The van der Waals surface area contributed by atoms with Crippen LogP contribution in [0.15, 0.2) is 12.1 Å². The number of anilines is 1. The molecule has 1 aromatic carbocycles. The molecule has 0 radical (unpaired) electrons. The highest BCUT2D eigenvalue weighted by atomic mass is 16.6. The van der Waals surface area contributed by atoms with Crippen LogP contribution in [0.1, 0.15) is 27.7 Å². The summed E-state index contributed by atoms with van der Waals surface area (Å²) in [5.74, 6) is 0.475. The molecule has 3 N–H and O–H groups in total. The van der Waals surface area contributed by atoms with E-state index in [0.29, 0.717) is 11.7 Å². The van der Waals surface area contributed by atoms with Gasteiger partial charge in [0.15, 0.2) is 6.23 Å². The van der Waals surface area contributed by atoms with Gasteiger partial charge in [-0.1, -0.05) is 13.8 Å². The van der Waals surface area contributed by atoms with Gasteiger partial charge in [0.05, 0.1) is 10.5 Å². The highest BCUT2D eigenvalue weighted by molar-refractivity contribution is 5.74. The number of aromatic hydroxyl groups is 1. The summed E-state index contributed by atoms with van der Waals surface area (Å²) < 4.78 is 5.86. The summed E-state index contributed by atoms with van der Waals surface area (Å²) in [6.45, 7) is 8.79. The molecule has 0 bridgehead atoms. The van der Waals surface area contributed by atoms with Crippen LogP contribution in [0.25, 0.3) is 0 Å². The standard InChI is InChI=1S/C14H21N3O4/c1-8(2)7-15-13-14(3,4)16-11-10(21-13)6-5-9(12(11)18)17(19)20/h5-6,8,13,15-16,18H,7H2,1-4H3. The number of hydrogen-bond acceptors (Lipinski definition) is 6. The second-order valence-corrected chi connectivity index (χ2v) is 6.21. The first kappa shape index (κ1) is 15.4. The van der Waals surface area contributed by atoms with E-state index in [-0.39, 0.29) is 17.6 Å². The molecule has 0 saturated heterocycles. The lowest BCUT2D eigenvalue weighted by Crippen LogP contribution is -2.58. The van der Waals surface area contributed by atoms with Crippen molar-refractivity contribution < 1.29 is 14.8 Å². The van der Waals surface area contributed by atoms with Gasteiger partial charge < -0.3 is 15.2 Å². The number of hydrogen-bond donors (Lipinski definition) is 3. The summed E-state index contributed by atoms with van der Waals surface area (Å²) in [6, 6.07) is 2.74. The number of ether oxygens (including phenoxy) is 1. The van der Waals surface area contributed by atoms with Gasteiger partial charge in [-0.15, -0.1) is 0 Å². The summed E-state index contributed by atoms with van der Waals surface area (Å²) in [6.07, 6.45) is -0.298. The molecule has 0 aromatic heterocycles. The average Bonchev–Trinajstić information content (AvgIpc) is 2.36. The minimum Gasteiger partial charge on any atom is -0.501 e. The first-order valence-corrected chi connectivity index (χ1v) is 6.91. The fourth-order valence-corrected chi connectivity index (χ4v) is 2.23. The van der Waals surface area contributed by atoms with E-state index < -0.39 is 16.2 Å². The lowest BCUT2D eigenvalue weighted by molar-refractivity contribution is -0.385. The first-order chi connectivity index (χ1) is 9.72. The maximum absolute atomic E-state index is 10.9. The predicted molar refractivity (Wildman–Crippen MR) is 79.7 cm³/mol. The van der Waals surface area contributed by atoms with E-state index in [2.05, 4.69) is 24.5 Å². The van der Waals surface area contributed by atoms with Crippen molar-refractivity contribution in [1.82, 2.24) is 5.32 Å². The van der Waals surface area contributed by atoms with E-state index in [4.69, 9.17) is 4.74 Å². The third-order valence-corrected chi connectivity index (χ3v) is 3.37. The molecule has 0 fully saturated rings. The van der Waals surface area contributed by atoms with Crippen LogP contribution in [0.3, 0.4) is 0 Å². The Labute approximate surface area is 123 Å². The molecular weight excluding hydrogens is 274 g/mol. The second-order valence-electron chi connectivity index (χ2n) is 6.21. The molecule has 21 heavy (non-hydrogen) atoms. The smallest absolute Gasteiger partial charge is 0.313 e. The van der Waals surface area contributed by atoms with Crippen molar-refractivity contribution >= 4 is 11.4 Å². The van der Waals surface area contributed by atoms with Crippen LogP contribution in [-0.2, 0) is 0 Å². The fourth-order valence-electron chi connectivity index (χ4n) is 2.23. The van der Waals surface area contributed by atoms with E-state index in [0.717, 1.165) is 6.54 Å².